The Balaban J connectivity index is 1.86. The monoisotopic (exact) mass is 272 g/mol. The molecule has 0 radical (unpaired) electrons. The maximum absolute atomic E-state index is 5.50. The molecular formula is C12H12N6S. The van der Waals surface area contributed by atoms with Gasteiger partial charge in [0.15, 0.2) is 5.82 Å². The van der Waals surface area contributed by atoms with Gasteiger partial charge < -0.3 is 0 Å². The van der Waals surface area contributed by atoms with Gasteiger partial charge >= 0.3 is 0 Å². The van der Waals surface area contributed by atoms with Crippen LogP contribution in [0.2, 0.25) is 0 Å². The smallest absolute Gasteiger partial charge is 0.204 e. The largest absolute Gasteiger partial charge is 0.256 e. The van der Waals surface area contributed by atoms with E-state index in [-0.39, 0.29) is 0 Å². The zero-order valence-electron chi connectivity index (χ0n) is 9.95. The fraction of sp³-hybridized carbons (Fsp3) is 0. The Labute approximate surface area is 113 Å². The highest BCUT2D eigenvalue weighted by Crippen LogP contribution is 2.25. The molecule has 0 atom stereocenters. The lowest BCUT2D eigenvalue weighted by Crippen LogP contribution is -2.47. The third-order valence-electron chi connectivity index (χ3n) is 2.51. The molecule has 2 aromatic heterocycles. The maximum atomic E-state index is 5.50. The summed E-state index contributed by atoms with van der Waals surface area (Å²) in [6.07, 6.45) is 1.69. The van der Waals surface area contributed by atoms with E-state index in [2.05, 4.69) is 20.9 Å². The van der Waals surface area contributed by atoms with Crippen molar-refractivity contribution in [2.75, 3.05) is 10.5 Å². The third kappa shape index (κ3) is 2.48. The molecule has 96 valence electrons. The first-order chi connectivity index (χ1) is 9.36. The van der Waals surface area contributed by atoms with Crippen LogP contribution >= 0.6 is 11.3 Å². The van der Waals surface area contributed by atoms with E-state index in [1.54, 1.807) is 17.5 Å². The molecule has 0 saturated heterocycles. The van der Waals surface area contributed by atoms with Crippen molar-refractivity contribution in [1.29, 1.82) is 0 Å². The second-order valence-corrected chi connectivity index (χ2v) is 4.78. The Hall–Kier alpha value is -2.22. The minimum Gasteiger partial charge on any atom is -0.256 e. The molecule has 1 aromatic carbocycles. The molecule has 3 aromatic rings. The summed E-state index contributed by atoms with van der Waals surface area (Å²) in [6.45, 7) is 0. The molecule has 0 aliphatic rings. The fourth-order valence-corrected chi connectivity index (χ4v) is 2.51. The van der Waals surface area contributed by atoms with Gasteiger partial charge in [0.05, 0.1) is 10.2 Å². The summed E-state index contributed by atoms with van der Waals surface area (Å²) in [6, 6.07) is 13.5. The Kier molecular flexibility index (Phi) is 3.23. The molecule has 19 heavy (non-hydrogen) atoms. The number of nitrogens with one attached hydrogen (secondary N) is 2. The number of hydrazine groups is 3. The topological polar surface area (TPSA) is 79.1 Å². The molecule has 0 fully saturated rings. The Morgan fingerprint density at radius 2 is 1.95 bits per heavy atom. The number of rotatable bonds is 4. The summed E-state index contributed by atoms with van der Waals surface area (Å²) < 4.78 is 1.11. The second kappa shape index (κ2) is 5.19. The van der Waals surface area contributed by atoms with E-state index < -0.39 is 0 Å². The van der Waals surface area contributed by atoms with Crippen LogP contribution in [0.15, 0.2) is 48.7 Å². The van der Waals surface area contributed by atoms with Crippen LogP contribution in [0.3, 0.4) is 0 Å². The van der Waals surface area contributed by atoms with Crippen molar-refractivity contribution in [1.82, 2.24) is 15.5 Å². The average molecular weight is 272 g/mol. The molecule has 0 bridgehead atoms. The van der Waals surface area contributed by atoms with Crippen molar-refractivity contribution >= 4 is 32.5 Å². The lowest BCUT2D eigenvalue weighted by Gasteiger charge is -2.21. The number of benzene rings is 1. The van der Waals surface area contributed by atoms with Gasteiger partial charge in [0.25, 0.3) is 0 Å². The Morgan fingerprint density at radius 1 is 1.11 bits per heavy atom. The lowest BCUT2D eigenvalue weighted by atomic mass is 10.3. The van der Waals surface area contributed by atoms with Crippen molar-refractivity contribution < 1.29 is 0 Å². The quantitative estimate of drug-likeness (QED) is 0.497. The maximum Gasteiger partial charge on any atom is 0.204 e. The van der Waals surface area contributed by atoms with Crippen molar-refractivity contribution in [3.05, 3.63) is 48.7 Å². The molecule has 0 unspecified atom stereocenters. The summed E-state index contributed by atoms with van der Waals surface area (Å²) in [7, 11) is 0. The van der Waals surface area contributed by atoms with Gasteiger partial charge in [-0.2, -0.15) is 10.7 Å². The normalized spacial score (nSPS) is 10.6. The van der Waals surface area contributed by atoms with Gasteiger partial charge in [0, 0.05) is 6.20 Å². The number of nitrogens with two attached hydrogens (primary N) is 1. The number of nitrogens with zero attached hydrogens (tertiary/aromatic N) is 3. The van der Waals surface area contributed by atoms with Crippen LogP contribution in [0.5, 0.6) is 0 Å². The molecule has 2 heterocycles. The predicted octanol–water partition coefficient (Wildman–Crippen LogP) is 1.90. The van der Waals surface area contributed by atoms with E-state index in [1.165, 1.54) is 5.12 Å². The summed E-state index contributed by atoms with van der Waals surface area (Å²) in [4.78, 5) is 8.67. The zero-order valence-corrected chi connectivity index (χ0v) is 10.8. The molecule has 3 rings (SSSR count). The highest BCUT2D eigenvalue weighted by Gasteiger charge is 2.09. The SMILES string of the molecule is NNN(Nc1nc2ccccc2s1)c1ccccn1. The second-order valence-electron chi connectivity index (χ2n) is 3.75. The molecule has 6 nitrogen and oxygen atoms in total. The predicted molar refractivity (Wildman–Crippen MR) is 77.3 cm³/mol. The number of pyridine rings is 1. The number of aromatic nitrogens is 2. The van der Waals surface area contributed by atoms with E-state index >= 15 is 0 Å². The zero-order chi connectivity index (χ0) is 13.1. The molecule has 0 aliphatic heterocycles. The van der Waals surface area contributed by atoms with Gasteiger partial charge in [-0.15, -0.1) is 0 Å². The fourth-order valence-electron chi connectivity index (χ4n) is 1.66. The first kappa shape index (κ1) is 11.8. The number of thiazole rings is 1. The van der Waals surface area contributed by atoms with Gasteiger partial charge in [-0.25, -0.2) is 9.97 Å². The van der Waals surface area contributed by atoms with E-state index in [0.717, 1.165) is 15.3 Å². The standard InChI is InChI=1S/C12H12N6S/c13-17-18(11-7-3-4-8-14-11)16-12-15-9-5-1-2-6-10(9)19-12/h1-8,17H,13H2,(H,15,16). The molecule has 0 saturated carbocycles. The summed E-state index contributed by atoms with van der Waals surface area (Å²) in [5.41, 5.74) is 6.57. The van der Waals surface area contributed by atoms with Crippen molar-refractivity contribution in [3.63, 3.8) is 0 Å². The molecule has 0 aliphatic carbocycles. The van der Waals surface area contributed by atoms with Crippen LogP contribution in [0.1, 0.15) is 0 Å². The lowest BCUT2D eigenvalue weighted by molar-refractivity contribution is 0.702. The van der Waals surface area contributed by atoms with Crippen molar-refractivity contribution in [2.24, 2.45) is 5.84 Å². The first-order valence-corrected chi connectivity index (χ1v) is 6.48. The Morgan fingerprint density at radius 3 is 2.68 bits per heavy atom. The van der Waals surface area contributed by atoms with Crippen LogP contribution in [0, 0.1) is 0 Å². The van der Waals surface area contributed by atoms with Gasteiger partial charge in [-0.3, -0.25) is 11.3 Å². The third-order valence-corrected chi connectivity index (χ3v) is 3.45. The van der Waals surface area contributed by atoms with Crippen molar-refractivity contribution in [2.45, 2.75) is 0 Å². The van der Waals surface area contributed by atoms with E-state index in [4.69, 9.17) is 5.84 Å². The highest BCUT2D eigenvalue weighted by molar-refractivity contribution is 7.22. The number of hydrogen-bond donors (Lipinski definition) is 3. The van der Waals surface area contributed by atoms with Crippen LogP contribution < -0.4 is 21.9 Å². The summed E-state index contributed by atoms with van der Waals surface area (Å²) in [5, 5.41) is 2.25. The minimum atomic E-state index is 0.657. The van der Waals surface area contributed by atoms with Crippen LogP contribution in [0.4, 0.5) is 10.9 Å². The van der Waals surface area contributed by atoms with Crippen LogP contribution in [-0.4, -0.2) is 9.97 Å². The number of anilines is 2. The number of fused-ring (bicyclic) bond motifs is 1. The summed E-state index contributed by atoms with van der Waals surface area (Å²) >= 11 is 1.55. The molecule has 0 amide bonds. The average Bonchev–Trinajstić information content (AvgIpc) is 2.88. The Bertz CT molecular complexity index is 635. The van der Waals surface area contributed by atoms with Gasteiger partial charge in [-0.05, 0) is 24.3 Å². The van der Waals surface area contributed by atoms with E-state index in [0.29, 0.717) is 5.82 Å². The molecular weight excluding hydrogens is 260 g/mol. The minimum absolute atomic E-state index is 0.657. The highest BCUT2D eigenvalue weighted by atomic mass is 32.1. The van der Waals surface area contributed by atoms with Gasteiger partial charge in [0.1, 0.15) is 0 Å². The summed E-state index contributed by atoms with van der Waals surface area (Å²) in [5.74, 6) is 6.15. The van der Waals surface area contributed by atoms with E-state index in [1.807, 2.05) is 42.5 Å². The number of hydrogen-bond acceptors (Lipinski definition) is 7. The first-order valence-electron chi connectivity index (χ1n) is 5.66. The molecule has 7 heteroatoms. The molecule has 0 spiro atoms. The van der Waals surface area contributed by atoms with E-state index in [9.17, 15) is 0 Å². The van der Waals surface area contributed by atoms with Gasteiger partial charge in [-0.1, -0.05) is 29.5 Å². The van der Waals surface area contributed by atoms with Gasteiger partial charge in [0.2, 0.25) is 5.13 Å². The number of para-hydroxylation sites is 1. The van der Waals surface area contributed by atoms with Crippen LogP contribution in [-0.2, 0) is 0 Å². The molecule has 4 N–H and O–H groups in total. The van der Waals surface area contributed by atoms with Crippen molar-refractivity contribution in [3.8, 4) is 0 Å². The van der Waals surface area contributed by atoms with Crippen LogP contribution in [0.25, 0.3) is 10.2 Å².